The van der Waals surface area contributed by atoms with Gasteiger partial charge in [-0.1, -0.05) is 60.7 Å². The average molecular weight is 283 g/mol. The molecule has 0 aliphatic rings. The average Bonchev–Trinajstić information content (AvgIpc) is 2.52. The van der Waals surface area contributed by atoms with Crippen LogP contribution in [0.15, 0.2) is 60.7 Å². The lowest BCUT2D eigenvalue weighted by Gasteiger charge is -2.19. The highest BCUT2D eigenvalue weighted by molar-refractivity contribution is 6.00. The van der Waals surface area contributed by atoms with Gasteiger partial charge in [0, 0.05) is 5.56 Å². The van der Waals surface area contributed by atoms with E-state index in [4.69, 9.17) is 0 Å². The predicted molar refractivity (Wildman–Crippen MR) is 84.3 cm³/mol. The largest absolute Gasteiger partial charge is 0.393 e. The van der Waals surface area contributed by atoms with Crippen LogP contribution in [0, 0.1) is 0 Å². The van der Waals surface area contributed by atoms with Crippen molar-refractivity contribution in [2.75, 3.05) is 6.54 Å². The summed E-state index contributed by atoms with van der Waals surface area (Å²) in [6, 6.07) is 18.6. The van der Waals surface area contributed by atoms with Crippen LogP contribution in [0.4, 0.5) is 0 Å². The third kappa shape index (κ3) is 4.52. The van der Waals surface area contributed by atoms with Crippen LogP contribution in [-0.2, 0) is 0 Å². The second kappa shape index (κ2) is 7.72. The van der Waals surface area contributed by atoms with Gasteiger partial charge in [0.2, 0.25) is 0 Å². The summed E-state index contributed by atoms with van der Waals surface area (Å²) in [5.41, 5.74) is 1.63. The van der Waals surface area contributed by atoms with Crippen molar-refractivity contribution >= 4 is 5.78 Å². The number of ketones is 1. The standard InChI is InChI=1S/C18H21NO2/c1-14(20)12-13-19-17(15-8-4-2-5-9-15)18(21)16-10-6-3-7-11-16/h2-11,14,17,19-20H,12-13H2,1H3/t14-,17+/m1/s1. The zero-order chi connectivity index (χ0) is 15.1. The van der Waals surface area contributed by atoms with E-state index in [2.05, 4.69) is 5.32 Å². The summed E-state index contributed by atoms with van der Waals surface area (Å²) in [6.45, 7) is 2.34. The maximum Gasteiger partial charge on any atom is 0.184 e. The van der Waals surface area contributed by atoms with Gasteiger partial charge >= 0.3 is 0 Å². The summed E-state index contributed by atoms with van der Waals surface area (Å²) >= 11 is 0. The van der Waals surface area contributed by atoms with Gasteiger partial charge in [-0.2, -0.15) is 0 Å². The molecule has 0 bridgehead atoms. The first-order chi connectivity index (χ1) is 10.2. The quantitative estimate of drug-likeness (QED) is 0.768. The minimum atomic E-state index is -0.382. The molecular formula is C18H21NO2. The molecule has 0 saturated carbocycles. The Bertz CT molecular complexity index is 552. The van der Waals surface area contributed by atoms with Crippen LogP contribution in [0.3, 0.4) is 0 Å². The number of hydrogen-bond donors (Lipinski definition) is 2. The van der Waals surface area contributed by atoms with Gasteiger partial charge in [0.05, 0.1) is 12.1 Å². The Labute approximate surface area is 125 Å². The van der Waals surface area contributed by atoms with Crippen LogP contribution >= 0.6 is 0 Å². The predicted octanol–water partition coefficient (Wildman–Crippen LogP) is 2.97. The molecule has 2 atom stereocenters. The van der Waals surface area contributed by atoms with Crippen LogP contribution < -0.4 is 5.32 Å². The van der Waals surface area contributed by atoms with Gasteiger partial charge in [-0.3, -0.25) is 4.79 Å². The summed E-state index contributed by atoms with van der Waals surface area (Å²) in [7, 11) is 0. The van der Waals surface area contributed by atoms with Gasteiger partial charge in [0.1, 0.15) is 0 Å². The van der Waals surface area contributed by atoms with E-state index in [0.29, 0.717) is 18.5 Å². The van der Waals surface area contributed by atoms with E-state index in [9.17, 15) is 9.90 Å². The summed E-state index contributed by atoms with van der Waals surface area (Å²) < 4.78 is 0. The van der Waals surface area contributed by atoms with E-state index >= 15 is 0 Å². The smallest absolute Gasteiger partial charge is 0.184 e. The SMILES string of the molecule is C[C@@H](O)CCN[C@H](C(=O)c1ccccc1)c1ccccc1. The van der Waals surface area contributed by atoms with Crippen LogP contribution in [0.5, 0.6) is 0 Å². The molecule has 110 valence electrons. The molecule has 2 aromatic carbocycles. The maximum absolute atomic E-state index is 12.7. The van der Waals surface area contributed by atoms with E-state index in [0.717, 1.165) is 5.56 Å². The van der Waals surface area contributed by atoms with Crippen molar-refractivity contribution in [1.29, 1.82) is 0 Å². The Morgan fingerprint density at radius 3 is 2.19 bits per heavy atom. The minimum Gasteiger partial charge on any atom is -0.393 e. The Morgan fingerprint density at radius 2 is 1.62 bits per heavy atom. The highest BCUT2D eigenvalue weighted by Gasteiger charge is 2.21. The van der Waals surface area contributed by atoms with Gasteiger partial charge in [0.15, 0.2) is 5.78 Å². The van der Waals surface area contributed by atoms with Gasteiger partial charge in [-0.15, -0.1) is 0 Å². The van der Waals surface area contributed by atoms with Gasteiger partial charge in [-0.05, 0) is 25.5 Å². The number of carbonyl (C=O) groups excluding carboxylic acids is 1. The fraction of sp³-hybridized carbons (Fsp3) is 0.278. The van der Waals surface area contributed by atoms with Crippen molar-refractivity contribution in [2.45, 2.75) is 25.5 Å². The monoisotopic (exact) mass is 283 g/mol. The first kappa shape index (κ1) is 15.4. The van der Waals surface area contributed by atoms with Crippen LogP contribution in [-0.4, -0.2) is 23.5 Å². The molecule has 0 fully saturated rings. The molecule has 0 heterocycles. The van der Waals surface area contributed by atoms with E-state index < -0.39 is 0 Å². The molecule has 3 nitrogen and oxygen atoms in total. The Hall–Kier alpha value is -1.97. The molecular weight excluding hydrogens is 262 g/mol. The lowest BCUT2D eigenvalue weighted by molar-refractivity contribution is 0.0938. The van der Waals surface area contributed by atoms with E-state index in [1.807, 2.05) is 60.7 Å². The number of aliphatic hydroxyl groups excluding tert-OH is 1. The van der Waals surface area contributed by atoms with Crippen molar-refractivity contribution in [2.24, 2.45) is 0 Å². The summed E-state index contributed by atoms with van der Waals surface area (Å²) in [4.78, 5) is 12.7. The van der Waals surface area contributed by atoms with Crippen LogP contribution in [0.25, 0.3) is 0 Å². The third-order valence-electron chi connectivity index (χ3n) is 3.36. The maximum atomic E-state index is 12.7. The molecule has 0 aliphatic carbocycles. The Morgan fingerprint density at radius 1 is 1.05 bits per heavy atom. The molecule has 21 heavy (non-hydrogen) atoms. The van der Waals surface area contributed by atoms with E-state index in [-0.39, 0.29) is 17.9 Å². The lowest BCUT2D eigenvalue weighted by atomic mass is 9.97. The number of aliphatic hydroxyl groups is 1. The number of Topliss-reactive ketones (excluding diaryl/α,β-unsaturated/α-hetero) is 1. The molecule has 0 amide bonds. The summed E-state index contributed by atoms with van der Waals surface area (Å²) in [5, 5.41) is 12.6. The second-order valence-electron chi connectivity index (χ2n) is 5.17. The number of carbonyl (C=O) groups is 1. The summed E-state index contributed by atoms with van der Waals surface area (Å²) in [5.74, 6) is 0.0485. The normalized spacial score (nSPS) is 13.6. The van der Waals surface area contributed by atoms with E-state index in [1.165, 1.54) is 0 Å². The fourth-order valence-electron chi connectivity index (χ4n) is 2.21. The fourth-order valence-corrected chi connectivity index (χ4v) is 2.21. The van der Waals surface area contributed by atoms with Crippen molar-refractivity contribution in [3.8, 4) is 0 Å². The third-order valence-corrected chi connectivity index (χ3v) is 3.36. The van der Waals surface area contributed by atoms with Gasteiger partial charge < -0.3 is 10.4 Å². The molecule has 2 aromatic rings. The number of hydrogen-bond acceptors (Lipinski definition) is 3. The Balaban J connectivity index is 2.17. The summed E-state index contributed by atoms with van der Waals surface area (Å²) in [6.07, 6.45) is 0.242. The first-order valence-electron chi connectivity index (χ1n) is 7.24. The van der Waals surface area contributed by atoms with Crippen molar-refractivity contribution in [3.63, 3.8) is 0 Å². The zero-order valence-electron chi connectivity index (χ0n) is 12.2. The molecule has 0 radical (unpaired) electrons. The lowest BCUT2D eigenvalue weighted by Crippen LogP contribution is -2.30. The van der Waals surface area contributed by atoms with Crippen molar-refractivity contribution in [1.82, 2.24) is 5.32 Å². The molecule has 0 aromatic heterocycles. The van der Waals surface area contributed by atoms with Crippen LogP contribution in [0.2, 0.25) is 0 Å². The van der Waals surface area contributed by atoms with E-state index in [1.54, 1.807) is 6.92 Å². The molecule has 0 spiro atoms. The van der Waals surface area contributed by atoms with Crippen molar-refractivity contribution in [3.05, 3.63) is 71.8 Å². The molecule has 0 saturated heterocycles. The van der Waals surface area contributed by atoms with Gasteiger partial charge in [-0.25, -0.2) is 0 Å². The topological polar surface area (TPSA) is 49.3 Å². The molecule has 0 aliphatic heterocycles. The Kier molecular flexibility index (Phi) is 5.67. The molecule has 0 unspecified atom stereocenters. The highest BCUT2D eigenvalue weighted by Crippen LogP contribution is 2.18. The second-order valence-corrected chi connectivity index (χ2v) is 5.17. The zero-order valence-corrected chi connectivity index (χ0v) is 12.2. The molecule has 3 heteroatoms. The minimum absolute atomic E-state index is 0.0485. The van der Waals surface area contributed by atoms with Gasteiger partial charge in [0.25, 0.3) is 0 Å². The number of nitrogens with one attached hydrogen (secondary N) is 1. The number of rotatable bonds is 7. The molecule has 2 rings (SSSR count). The first-order valence-corrected chi connectivity index (χ1v) is 7.24. The molecule has 2 N–H and O–H groups in total. The van der Waals surface area contributed by atoms with Crippen LogP contribution in [0.1, 0.15) is 35.3 Å². The van der Waals surface area contributed by atoms with Crippen molar-refractivity contribution < 1.29 is 9.90 Å². The highest BCUT2D eigenvalue weighted by atomic mass is 16.3. The number of benzene rings is 2.